The van der Waals surface area contributed by atoms with Crippen LogP contribution in [0.5, 0.6) is 0 Å². The van der Waals surface area contributed by atoms with Gasteiger partial charge in [0.15, 0.2) is 0 Å². The van der Waals surface area contributed by atoms with E-state index in [1.807, 2.05) is 30.3 Å². The molecule has 0 spiro atoms. The molecule has 0 atom stereocenters. The Kier molecular flexibility index (Phi) is 6.73. The smallest absolute Gasteiger partial charge is 0.263 e. The van der Waals surface area contributed by atoms with Crippen LogP contribution in [0.25, 0.3) is 0 Å². The largest absolute Gasteiger partial charge is 0.378 e. The first kappa shape index (κ1) is 17.1. The molecule has 23 heavy (non-hydrogen) atoms. The Hall–Kier alpha value is -2.23. The van der Waals surface area contributed by atoms with Gasteiger partial charge < -0.3 is 20.3 Å². The Bertz CT molecular complexity index is 606. The number of carbonyl (C=O) groups is 1. The van der Waals surface area contributed by atoms with Crippen molar-refractivity contribution in [2.45, 2.75) is 0 Å². The van der Waals surface area contributed by atoms with Crippen molar-refractivity contribution in [2.24, 2.45) is 0 Å². The lowest BCUT2D eigenvalue weighted by Crippen LogP contribution is -2.36. The lowest BCUT2D eigenvalue weighted by Gasteiger charge is -2.30. The van der Waals surface area contributed by atoms with Crippen molar-refractivity contribution in [2.75, 3.05) is 48.9 Å². The van der Waals surface area contributed by atoms with E-state index in [1.165, 1.54) is 6.20 Å². The number of rotatable bonds is 6. The molecule has 0 aliphatic carbocycles. The van der Waals surface area contributed by atoms with Crippen LogP contribution in [0.15, 0.2) is 36.0 Å². The number of nitrogens with zero attached hydrogens (tertiary/aromatic N) is 2. The van der Waals surface area contributed by atoms with Crippen molar-refractivity contribution < 1.29 is 9.53 Å². The summed E-state index contributed by atoms with van der Waals surface area (Å²) >= 11 is 5.52. The normalized spacial score (nSPS) is 15.0. The zero-order valence-electron chi connectivity index (χ0n) is 12.7. The number of nitrogens with one attached hydrogen (secondary N) is 2. The van der Waals surface area contributed by atoms with Crippen LogP contribution in [-0.4, -0.2) is 44.6 Å². The number of hydrogen-bond donors (Lipinski definition) is 2. The van der Waals surface area contributed by atoms with Crippen molar-refractivity contribution >= 4 is 28.9 Å². The van der Waals surface area contributed by atoms with Crippen LogP contribution in [-0.2, 0) is 9.53 Å². The second-order valence-corrected chi connectivity index (χ2v) is 5.25. The average molecular weight is 335 g/mol. The molecule has 1 aromatic carbocycles. The Labute approximate surface area is 140 Å². The SMILES string of the molecule is N#C/C(=C/Nc1ccccc1N1CCOCC1)C(=O)NCCCl. The Morgan fingerprint density at radius 3 is 2.83 bits per heavy atom. The van der Waals surface area contributed by atoms with Gasteiger partial charge in [-0.2, -0.15) is 5.26 Å². The zero-order chi connectivity index (χ0) is 16.5. The summed E-state index contributed by atoms with van der Waals surface area (Å²) in [6.45, 7) is 3.32. The van der Waals surface area contributed by atoms with Gasteiger partial charge in [-0.25, -0.2) is 0 Å². The van der Waals surface area contributed by atoms with Gasteiger partial charge in [-0.15, -0.1) is 11.6 Å². The number of carbonyl (C=O) groups excluding carboxylic acids is 1. The number of hydrogen-bond acceptors (Lipinski definition) is 5. The van der Waals surface area contributed by atoms with Crippen LogP contribution in [0.1, 0.15) is 0 Å². The highest BCUT2D eigenvalue weighted by atomic mass is 35.5. The summed E-state index contributed by atoms with van der Waals surface area (Å²) in [7, 11) is 0. The standard InChI is InChI=1S/C16H19ClN4O2/c17-5-6-19-16(22)13(11-18)12-20-14-3-1-2-4-15(14)21-7-9-23-10-8-21/h1-4,12,20H,5-10H2,(H,19,22)/b13-12-. The van der Waals surface area contributed by atoms with E-state index in [4.69, 9.17) is 21.6 Å². The van der Waals surface area contributed by atoms with Crippen LogP contribution < -0.4 is 15.5 Å². The van der Waals surface area contributed by atoms with Crippen molar-refractivity contribution in [1.29, 1.82) is 5.26 Å². The van der Waals surface area contributed by atoms with Gasteiger partial charge in [0.25, 0.3) is 5.91 Å². The van der Waals surface area contributed by atoms with Crippen molar-refractivity contribution in [1.82, 2.24) is 5.32 Å². The minimum Gasteiger partial charge on any atom is -0.378 e. The topological polar surface area (TPSA) is 77.4 Å². The summed E-state index contributed by atoms with van der Waals surface area (Å²) < 4.78 is 5.36. The van der Waals surface area contributed by atoms with Gasteiger partial charge in [-0.3, -0.25) is 4.79 Å². The molecule has 0 saturated carbocycles. The predicted octanol–water partition coefficient (Wildman–Crippen LogP) is 1.70. The second kappa shape index (κ2) is 9.03. The Balaban J connectivity index is 2.11. The fourth-order valence-corrected chi connectivity index (χ4v) is 2.32. The molecule has 0 radical (unpaired) electrons. The van der Waals surface area contributed by atoms with E-state index >= 15 is 0 Å². The molecule has 1 amide bonds. The second-order valence-electron chi connectivity index (χ2n) is 4.88. The third-order valence-electron chi connectivity index (χ3n) is 3.37. The fourth-order valence-electron chi connectivity index (χ4n) is 2.23. The van der Waals surface area contributed by atoms with Gasteiger partial charge in [0.05, 0.1) is 24.6 Å². The minimum absolute atomic E-state index is 0.00639. The molecule has 1 aromatic rings. The number of anilines is 2. The molecule has 1 fully saturated rings. The van der Waals surface area contributed by atoms with E-state index in [9.17, 15) is 4.79 Å². The minimum atomic E-state index is -0.440. The number of alkyl halides is 1. The number of benzene rings is 1. The van der Waals surface area contributed by atoms with E-state index < -0.39 is 5.91 Å². The highest BCUT2D eigenvalue weighted by Crippen LogP contribution is 2.26. The van der Waals surface area contributed by atoms with Gasteiger partial charge in [-0.1, -0.05) is 12.1 Å². The first-order chi connectivity index (χ1) is 11.3. The molecule has 0 bridgehead atoms. The van der Waals surface area contributed by atoms with E-state index in [2.05, 4.69) is 15.5 Å². The monoisotopic (exact) mass is 334 g/mol. The van der Waals surface area contributed by atoms with Crippen LogP contribution in [0.2, 0.25) is 0 Å². The molecule has 1 aliphatic rings. The van der Waals surface area contributed by atoms with Crippen LogP contribution in [0, 0.1) is 11.3 Å². The average Bonchev–Trinajstić information content (AvgIpc) is 2.61. The maximum absolute atomic E-state index is 11.8. The summed E-state index contributed by atoms with van der Waals surface area (Å²) in [5.41, 5.74) is 1.87. The fraction of sp³-hybridized carbons (Fsp3) is 0.375. The molecule has 7 heteroatoms. The Morgan fingerprint density at radius 2 is 2.13 bits per heavy atom. The summed E-state index contributed by atoms with van der Waals surface area (Å²) in [5.74, 6) is -0.137. The van der Waals surface area contributed by atoms with E-state index in [-0.39, 0.29) is 5.57 Å². The highest BCUT2D eigenvalue weighted by Gasteiger charge is 2.14. The molecular formula is C16H19ClN4O2. The molecule has 2 rings (SSSR count). The number of ether oxygens (including phenoxy) is 1. The first-order valence-corrected chi connectivity index (χ1v) is 7.92. The van der Waals surface area contributed by atoms with Crippen LogP contribution >= 0.6 is 11.6 Å². The van der Waals surface area contributed by atoms with Gasteiger partial charge >= 0.3 is 0 Å². The van der Waals surface area contributed by atoms with Gasteiger partial charge in [0, 0.05) is 31.7 Å². The number of nitriles is 1. The van der Waals surface area contributed by atoms with Crippen molar-refractivity contribution in [3.63, 3.8) is 0 Å². The molecule has 1 aliphatic heterocycles. The molecule has 1 heterocycles. The van der Waals surface area contributed by atoms with Gasteiger partial charge in [0.1, 0.15) is 11.6 Å². The predicted molar refractivity (Wildman–Crippen MR) is 90.5 cm³/mol. The van der Waals surface area contributed by atoms with Crippen molar-refractivity contribution in [3.8, 4) is 6.07 Å². The van der Waals surface area contributed by atoms with Crippen LogP contribution in [0.4, 0.5) is 11.4 Å². The molecule has 0 unspecified atom stereocenters. The molecule has 1 saturated heterocycles. The number of amides is 1. The third-order valence-corrected chi connectivity index (χ3v) is 3.56. The lowest BCUT2D eigenvalue weighted by atomic mass is 10.2. The maximum atomic E-state index is 11.8. The number of halogens is 1. The number of para-hydroxylation sites is 2. The van der Waals surface area contributed by atoms with Gasteiger partial charge in [0.2, 0.25) is 0 Å². The molecule has 6 nitrogen and oxygen atoms in total. The maximum Gasteiger partial charge on any atom is 0.263 e. The third kappa shape index (κ3) is 4.88. The lowest BCUT2D eigenvalue weighted by molar-refractivity contribution is -0.117. The van der Waals surface area contributed by atoms with Crippen LogP contribution in [0.3, 0.4) is 0 Å². The van der Waals surface area contributed by atoms with E-state index in [1.54, 1.807) is 0 Å². The Morgan fingerprint density at radius 1 is 1.39 bits per heavy atom. The number of morpholine rings is 1. The van der Waals surface area contributed by atoms with Crippen molar-refractivity contribution in [3.05, 3.63) is 36.0 Å². The molecular weight excluding hydrogens is 316 g/mol. The molecule has 2 N–H and O–H groups in total. The van der Waals surface area contributed by atoms with E-state index in [0.29, 0.717) is 25.6 Å². The summed E-state index contributed by atoms with van der Waals surface area (Å²) in [4.78, 5) is 14.0. The zero-order valence-corrected chi connectivity index (χ0v) is 13.5. The van der Waals surface area contributed by atoms with E-state index in [0.717, 1.165) is 24.5 Å². The quantitative estimate of drug-likeness (QED) is 0.470. The summed E-state index contributed by atoms with van der Waals surface area (Å²) in [6.07, 6.45) is 1.42. The summed E-state index contributed by atoms with van der Waals surface area (Å²) in [6, 6.07) is 9.66. The molecule has 122 valence electrons. The van der Waals surface area contributed by atoms with Gasteiger partial charge in [-0.05, 0) is 12.1 Å². The highest BCUT2D eigenvalue weighted by molar-refractivity contribution is 6.18. The first-order valence-electron chi connectivity index (χ1n) is 7.39. The summed E-state index contributed by atoms with van der Waals surface area (Å²) in [5, 5.41) is 14.7. The molecule has 0 aromatic heterocycles.